The van der Waals surface area contributed by atoms with E-state index in [-0.39, 0.29) is 5.76 Å². The number of benzene rings is 1. The number of aryl methyl sites for hydroxylation is 1. The molecule has 1 aliphatic heterocycles. The number of hydrogen-bond donors (Lipinski definition) is 0. The van der Waals surface area contributed by atoms with E-state index in [4.69, 9.17) is 4.42 Å². The highest BCUT2D eigenvalue weighted by Gasteiger charge is 2.31. The molecule has 0 N–H and O–H groups in total. The number of hydrogen-bond acceptors (Lipinski definition) is 5. The molecule has 0 bridgehead atoms. The van der Waals surface area contributed by atoms with E-state index in [2.05, 4.69) is 10.2 Å². The number of carbonyl (C=O) groups is 1. The van der Waals surface area contributed by atoms with E-state index in [9.17, 15) is 14.4 Å². The lowest BCUT2D eigenvalue weighted by Gasteiger charge is -2.09. The van der Waals surface area contributed by atoms with Crippen molar-refractivity contribution in [2.24, 2.45) is 0 Å². The van der Waals surface area contributed by atoms with Crippen molar-refractivity contribution in [2.45, 2.75) is 38.1 Å². The minimum atomic E-state index is -1.09. The molecule has 0 radical (unpaired) electrons. The summed E-state index contributed by atoms with van der Waals surface area (Å²) in [6.07, 6.45) is 3.87. The molecule has 0 saturated heterocycles. The molecule has 1 aliphatic rings. The predicted octanol–water partition coefficient (Wildman–Crippen LogP) is 3.38. The lowest BCUT2D eigenvalue weighted by Crippen LogP contribution is -2.17. The molecule has 25 heavy (non-hydrogen) atoms. The summed E-state index contributed by atoms with van der Waals surface area (Å²) >= 11 is 0. The Bertz CT molecular complexity index is 998. The summed E-state index contributed by atoms with van der Waals surface area (Å²) in [5.74, 6) is -0.795. The fraction of sp³-hybridized carbons (Fsp3) is 0.333. The quantitative estimate of drug-likeness (QED) is 0.684. The number of fused-ring (bicyclic) bond motifs is 2. The Labute approximate surface area is 142 Å². The molecule has 0 saturated carbocycles. The van der Waals surface area contributed by atoms with Crippen LogP contribution in [0.5, 0.6) is 0 Å². The Balaban J connectivity index is 1.72. The first-order valence-corrected chi connectivity index (χ1v) is 8.22. The third-order valence-corrected chi connectivity index (χ3v) is 4.51. The van der Waals surface area contributed by atoms with Crippen molar-refractivity contribution < 1.29 is 13.6 Å². The maximum Gasteiger partial charge on any atom is 0.222 e. The normalized spacial score (nSPS) is 15.4. The van der Waals surface area contributed by atoms with Crippen LogP contribution < -0.4 is 0 Å². The van der Waals surface area contributed by atoms with Crippen molar-refractivity contribution in [3.63, 3.8) is 0 Å². The van der Waals surface area contributed by atoms with Crippen LogP contribution in [0.25, 0.3) is 11.0 Å². The Morgan fingerprint density at radius 1 is 1.28 bits per heavy atom. The highest BCUT2D eigenvalue weighted by molar-refractivity contribution is 6.02. The van der Waals surface area contributed by atoms with Crippen molar-refractivity contribution in [3.8, 4) is 6.07 Å². The Morgan fingerprint density at radius 3 is 3.00 bits per heavy atom. The van der Waals surface area contributed by atoms with Crippen molar-refractivity contribution in [3.05, 3.63) is 47.5 Å². The molecular weight excluding hydrogens is 323 g/mol. The number of Topliss-reactive ketones (excluding diaryl/α,β-unsaturated/α-hetero) is 1. The van der Waals surface area contributed by atoms with E-state index in [0.29, 0.717) is 23.3 Å². The van der Waals surface area contributed by atoms with E-state index < -0.39 is 17.5 Å². The number of halogens is 1. The van der Waals surface area contributed by atoms with E-state index in [1.54, 1.807) is 0 Å². The molecule has 3 aromatic rings. The Hall–Kier alpha value is -3.01. The molecule has 0 fully saturated rings. The lowest BCUT2D eigenvalue weighted by atomic mass is 10.0. The fourth-order valence-electron chi connectivity index (χ4n) is 3.23. The van der Waals surface area contributed by atoms with Gasteiger partial charge in [-0.15, -0.1) is 10.2 Å². The minimum absolute atomic E-state index is 0.0260. The van der Waals surface area contributed by atoms with Crippen LogP contribution in [0, 0.1) is 17.1 Å². The van der Waals surface area contributed by atoms with E-state index in [0.717, 1.165) is 31.5 Å². The first-order valence-electron chi connectivity index (χ1n) is 8.22. The summed E-state index contributed by atoms with van der Waals surface area (Å²) in [4.78, 5) is 12.8. The molecule has 1 atom stereocenters. The molecule has 1 aromatic carbocycles. The smallest absolute Gasteiger partial charge is 0.222 e. The zero-order valence-electron chi connectivity index (χ0n) is 13.4. The zero-order chi connectivity index (χ0) is 17.4. The molecule has 126 valence electrons. The van der Waals surface area contributed by atoms with Crippen LogP contribution in [-0.2, 0) is 13.0 Å². The van der Waals surface area contributed by atoms with Gasteiger partial charge in [0.05, 0.1) is 6.07 Å². The van der Waals surface area contributed by atoms with Crippen LogP contribution in [-0.4, -0.2) is 20.5 Å². The van der Waals surface area contributed by atoms with Gasteiger partial charge in [0.2, 0.25) is 5.78 Å². The Morgan fingerprint density at radius 2 is 2.16 bits per heavy atom. The minimum Gasteiger partial charge on any atom is -0.453 e. The topological polar surface area (TPSA) is 84.7 Å². The Kier molecular flexibility index (Phi) is 3.80. The first-order chi connectivity index (χ1) is 12.2. The summed E-state index contributed by atoms with van der Waals surface area (Å²) in [6, 6.07) is 7.51. The summed E-state index contributed by atoms with van der Waals surface area (Å²) in [6.45, 7) is 0.703. The average Bonchev–Trinajstić information content (AvgIpc) is 3.12. The van der Waals surface area contributed by atoms with Gasteiger partial charge in [0.25, 0.3) is 0 Å². The van der Waals surface area contributed by atoms with Crippen LogP contribution in [0.2, 0.25) is 0 Å². The van der Waals surface area contributed by atoms with Gasteiger partial charge in [-0.1, -0.05) is 6.42 Å². The zero-order valence-corrected chi connectivity index (χ0v) is 13.4. The van der Waals surface area contributed by atoms with Crippen molar-refractivity contribution in [1.29, 1.82) is 5.26 Å². The fourth-order valence-corrected chi connectivity index (χ4v) is 3.23. The molecule has 7 heteroatoms. The molecule has 0 unspecified atom stereocenters. The molecule has 6 nitrogen and oxygen atoms in total. The predicted molar refractivity (Wildman–Crippen MR) is 86.4 cm³/mol. The highest BCUT2D eigenvalue weighted by Crippen LogP contribution is 2.27. The van der Waals surface area contributed by atoms with Crippen molar-refractivity contribution >= 4 is 16.8 Å². The number of aromatic nitrogens is 3. The molecule has 0 aliphatic carbocycles. The van der Waals surface area contributed by atoms with E-state index >= 15 is 0 Å². The largest absolute Gasteiger partial charge is 0.453 e. The molecule has 0 amide bonds. The summed E-state index contributed by atoms with van der Waals surface area (Å²) in [5.41, 5.74) is 0.404. The first kappa shape index (κ1) is 15.5. The van der Waals surface area contributed by atoms with Crippen LogP contribution in [0.15, 0.2) is 28.7 Å². The standard InChI is InChI=1S/C18H15FN4O2/c19-12-5-6-14-11(8-12)9-15(25-14)17(24)13(10-20)18-22-21-16-4-2-1-3-7-23(16)18/h5-6,8-9,13H,1-4,7H2/t13-/m1/s1. The van der Waals surface area contributed by atoms with Gasteiger partial charge in [-0.2, -0.15) is 5.26 Å². The number of furan rings is 1. The average molecular weight is 338 g/mol. The van der Waals surface area contributed by atoms with Crippen LogP contribution in [0.1, 0.15) is 47.4 Å². The van der Waals surface area contributed by atoms with Crippen molar-refractivity contribution in [1.82, 2.24) is 14.8 Å². The van der Waals surface area contributed by atoms with E-state index in [1.807, 2.05) is 10.6 Å². The monoisotopic (exact) mass is 338 g/mol. The van der Waals surface area contributed by atoms with Gasteiger partial charge >= 0.3 is 0 Å². The molecule has 3 heterocycles. The van der Waals surface area contributed by atoms with Gasteiger partial charge in [0.1, 0.15) is 17.2 Å². The van der Waals surface area contributed by atoms with Gasteiger partial charge in [-0.25, -0.2) is 4.39 Å². The van der Waals surface area contributed by atoms with Crippen LogP contribution in [0.3, 0.4) is 0 Å². The maximum absolute atomic E-state index is 13.3. The lowest BCUT2D eigenvalue weighted by molar-refractivity contribution is 0.0949. The third kappa shape index (κ3) is 2.70. The van der Waals surface area contributed by atoms with Gasteiger partial charge in [0.15, 0.2) is 17.5 Å². The molecule has 2 aromatic heterocycles. The van der Waals surface area contributed by atoms with E-state index in [1.165, 1.54) is 24.3 Å². The highest BCUT2D eigenvalue weighted by atomic mass is 19.1. The van der Waals surface area contributed by atoms with Gasteiger partial charge < -0.3 is 8.98 Å². The second-order valence-electron chi connectivity index (χ2n) is 6.16. The second-order valence-corrected chi connectivity index (χ2v) is 6.16. The third-order valence-electron chi connectivity index (χ3n) is 4.51. The van der Waals surface area contributed by atoms with Gasteiger partial charge in [-0.3, -0.25) is 4.79 Å². The number of nitrogens with zero attached hydrogens (tertiary/aromatic N) is 4. The maximum atomic E-state index is 13.3. The van der Waals surface area contributed by atoms with Gasteiger partial charge in [0, 0.05) is 18.4 Å². The number of ketones is 1. The number of nitriles is 1. The molecule has 4 rings (SSSR count). The van der Waals surface area contributed by atoms with Crippen LogP contribution >= 0.6 is 0 Å². The SMILES string of the molecule is N#C[C@H](C(=O)c1cc2cc(F)ccc2o1)c1nnc2n1CCCCC2. The summed E-state index contributed by atoms with van der Waals surface area (Å²) in [7, 11) is 0. The number of rotatable bonds is 3. The summed E-state index contributed by atoms with van der Waals surface area (Å²) < 4.78 is 20.7. The van der Waals surface area contributed by atoms with Crippen LogP contribution in [0.4, 0.5) is 4.39 Å². The van der Waals surface area contributed by atoms with Crippen molar-refractivity contribution in [2.75, 3.05) is 0 Å². The van der Waals surface area contributed by atoms with Gasteiger partial charge in [-0.05, 0) is 37.1 Å². The number of carbonyl (C=O) groups excluding carboxylic acids is 1. The summed E-state index contributed by atoms with van der Waals surface area (Å²) in [5, 5.41) is 18.3. The second kappa shape index (κ2) is 6.13. The molecular formula is C18H15FN4O2. The molecule has 0 spiro atoms.